The van der Waals surface area contributed by atoms with Crippen LogP contribution in [0.15, 0.2) is 12.1 Å². The summed E-state index contributed by atoms with van der Waals surface area (Å²) in [7, 11) is 3.27. The molecule has 1 aromatic rings. The first-order valence-corrected chi connectivity index (χ1v) is 10.3. The number of methoxy groups -OCH3 is 2. The third-order valence-corrected chi connectivity index (χ3v) is 6.42. The van der Waals surface area contributed by atoms with Crippen LogP contribution in [0.3, 0.4) is 0 Å². The number of nitrogens with two attached hydrogens (primary N) is 1. The highest BCUT2D eigenvalue weighted by atomic mass is 19.1. The number of ether oxygens (including phenoxy) is 3. The van der Waals surface area contributed by atoms with E-state index in [1.807, 2.05) is 12.1 Å². The van der Waals surface area contributed by atoms with Crippen molar-refractivity contribution in [3.8, 4) is 11.5 Å². The fourth-order valence-corrected chi connectivity index (χ4v) is 4.96. The average Bonchev–Trinajstić information content (AvgIpc) is 2.66. The van der Waals surface area contributed by atoms with Crippen molar-refractivity contribution in [2.75, 3.05) is 34.0 Å². The highest BCUT2D eigenvalue weighted by Gasteiger charge is 2.42. The van der Waals surface area contributed by atoms with Gasteiger partial charge in [0.15, 0.2) is 11.5 Å². The van der Waals surface area contributed by atoms with E-state index in [2.05, 4.69) is 18.7 Å². The second kappa shape index (κ2) is 8.78. The number of carbonyl (C=O) groups is 1. The van der Waals surface area contributed by atoms with Crippen LogP contribution in [-0.4, -0.2) is 51.1 Å². The first kappa shape index (κ1) is 21.7. The van der Waals surface area contributed by atoms with Crippen molar-refractivity contribution in [2.45, 2.75) is 51.7 Å². The van der Waals surface area contributed by atoms with Crippen LogP contribution in [0.25, 0.3) is 0 Å². The minimum absolute atomic E-state index is 0.127. The second-order valence-electron chi connectivity index (χ2n) is 8.95. The van der Waals surface area contributed by atoms with E-state index in [0.29, 0.717) is 18.6 Å². The van der Waals surface area contributed by atoms with Crippen molar-refractivity contribution in [2.24, 2.45) is 17.1 Å². The van der Waals surface area contributed by atoms with Crippen LogP contribution in [0.5, 0.6) is 11.5 Å². The zero-order valence-electron chi connectivity index (χ0n) is 17.9. The number of primary amides is 1. The molecule has 2 aliphatic rings. The lowest BCUT2D eigenvalue weighted by Gasteiger charge is -2.48. The molecule has 162 valence electrons. The number of hydrogen-bond acceptors (Lipinski definition) is 5. The normalized spacial score (nSPS) is 24.4. The Labute approximate surface area is 172 Å². The minimum Gasteiger partial charge on any atom is -0.493 e. The number of halogens is 1. The molecule has 0 saturated carbocycles. The van der Waals surface area contributed by atoms with Gasteiger partial charge >= 0.3 is 6.09 Å². The van der Waals surface area contributed by atoms with Gasteiger partial charge in [0.05, 0.1) is 20.9 Å². The monoisotopic (exact) mass is 408 g/mol. The standard InChI is InChI=1S/C22H33FN2O4/c1-22(2,6-7-23)12-15-13-25-8-5-14-9-19(27-3)20(28-4)10-16(14)17(25)11-18(15)29-21(24)26/h9-10,15,17-18H,5-8,11-13H2,1-4H3,(H2,24,26). The van der Waals surface area contributed by atoms with E-state index in [4.69, 9.17) is 19.9 Å². The van der Waals surface area contributed by atoms with Crippen molar-refractivity contribution in [3.05, 3.63) is 23.3 Å². The molecule has 3 unspecified atom stereocenters. The predicted molar refractivity (Wildman–Crippen MR) is 109 cm³/mol. The molecule has 3 rings (SSSR count). The van der Waals surface area contributed by atoms with Gasteiger partial charge in [-0.2, -0.15) is 0 Å². The number of rotatable bonds is 7. The molecular weight excluding hydrogens is 375 g/mol. The highest BCUT2D eigenvalue weighted by molar-refractivity contribution is 5.64. The lowest BCUT2D eigenvalue weighted by Crippen LogP contribution is -2.50. The number of carbonyl (C=O) groups excluding carboxylic acids is 1. The van der Waals surface area contributed by atoms with Crippen LogP contribution in [0.4, 0.5) is 9.18 Å². The van der Waals surface area contributed by atoms with Crippen LogP contribution < -0.4 is 15.2 Å². The van der Waals surface area contributed by atoms with Gasteiger partial charge in [-0.3, -0.25) is 9.29 Å². The molecule has 0 spiro atoms. The maximum absolute atomic E-state index is 13.0. The van der Waals surface area contributed by atoms with Gasteiger partial charge in [-0.1, -0.05) is 13.8 Å². The van der Waals surface area contributed by atoms with Crippen molar-refractivity contribution < 1.29 is 23.4 Å². The second-order valence-corrected chi connectivity index (χ2v) is 8.95. The van der Waals surface area contributed by atoms with Crippen molar-refractivity contribution in [3.63, 3.8) is 0 Å². The molecule has 1 saturated heterocycles. The van der Waals surface area contributed by atoms with Gasteiger partial charge in [-0.25, -0.2) is 4.79 Å². The molecule has 0 aromatic heterocycles. The maximum Gasteiger partial charge on any atom is 0.404 e. The van der Waals surface area contributed by atoms with Crippen molar-refractivity contribution in [1.82, 2.24) is 4.90 Å². The Hall–Kier alpha value is -2.02. The van der Waals surface area contributed by atoms with E-state index in [9.17, 15) is 9.18 Å². The molecule has 0 bridgehead atoms. The van der Waals surface area contributed by atoms with Gasteiger partial charge in [0.2, 0.25) is 0 Å². The number of benzene rings is 1. The van der Waals surface area contributed by atoms with Crippen LogP contribution in [0.2, 0.25) is 0 Å². The van der Waals surface area contributed by atoms with Gasteiger partial charge in [0, 0.05) is 31.5 Å². The van der Waals surface area contributed by atoms with Crippen LogP contribution in [0.1, 0.15) is 50.3 Å². The molecule has 1 amide bonds. The van der Waals surface area contributed by atoms with Crippen LogP contribution >= 0.6 is 0 Å². The van der Waals surface area contributed by atoms with E-state index >= 15 is 0 Å². The Balaban J connectivity index is 1.88. The molecule has 2 N–H and O–H groups in total. The molecule has 0 aliphatic carbocycles. The minimum atomic E-state index is -0.750. The van der Waals surface area contributed by atoms with Gasteiger partial charge < -0.3 is 19.9 Å². The molecule has 7 heteroatoms. The zero-order chi connectivity index (χ0) is 21.2. The van der Waals surface area contributed by atoms with Crippen LogP contribution in [0, 0.1) is 11.3 Å². The largest absolute Gasteiger partial charge is 0.493 e. The summed E-state index contributed by atoms with van der Waals surface area (Å²) in [6, 6.07) is 4.22. The molecule has 1 fully saturated rings. The maximum atomic E-state index is 13.0. The SMILES string of the molecule is COc1cc2c(cc1OC)C1CC(OC(N)=O)C(CC(C)(C)CCF)CN1CC2. The van der Waals surface area contributed by atoms with E-state index in [-0.39, 0.29) is 30.2 Å². The predicted octanol–water partition coefficient (Wildman–Crippen LogP) is 3.86. The smallest absolute Gasteiger partial charge is 0.404 e. The summed E-state index contributed by atoms with van der Waals surface area (Å²) in [5.41, 5.74) is 7.65. The molecule has 2 heterocycles. The Morgan fingerprint density at radius 3 is 2.59 bits per heavy atom. The third kappa shape index (κ3) is 4.77. The highest BCUT2D eigenvalue weighted by Crippen LogP contribution is 2.45. The summed E-state index contributed by atoms with van der Waals surface area (Å²) < 4.78 is 29.5. The van der Waals surface area contributed by atoms with Crippen LogP contribution in [-0.2, 0) is 11.2 Å². The summed E-state index contributed by atoms with van der Waals surface area (Å²) >= 11 is 0. The van der Waals surface area contributed by atoms with Gasteiger partial charge in [-0.05, 0) is 47.9 Å². The number of alkyl halides is 1. The van der Waals surface area contributed by atoms with Gasteiger partial charge in [0.1, 0.15) is 6.10 Å². The molecule has 6 nitrogen and oxygen atoms in total. The van der Waals surface area contributed by atoms with E-state index in [1.54, 1.807) is 14.2 Å². The average molecular weight is 409 g/mol. The lowest BCUT2D eigenvalue weighted by molar-refractivity contribution is -0.0351. The first-order chi connectivity index (χ1) is 13.8. The fraction of sp³-hybridized carbons (Fsp3) is 0.682. The summed E-state index contributed by atoms with van der Waals surface area (Å²) in [4.78, 5) is 14.0. The van der Waals surface area contributed by atoms with Gasteiger partial charge in [-0.15, -0.1) is 0 Å². The number of amides is 1. The van der Waals surface area contributed by atoms with Crippen molar-refractivity contribution in [1.29, 1.82) is 0 Å². The number of hydrogen-bond donors (Lipinski definition) is 1. The van der Waals surface area contributed by atoms with E-state index in [0.717, 1.165) is 31.7 Å². The molecule has 1 aromatic carbocycles. The molecule has 29 heavy (non-hydrogen) atoms. The Morgan fingerprint density at radius 2 is 1.97 bits per heavy atom. The number of nitrogens with zero attached hydrogens (tertiary/aromatic N) is 1. The third-order valence-electron chi connectivity index (χ3n) is 6.42. The van der Waals surface area contributed by atoms with Gasteiger partial charge in [0.25, 0.3) is 0 Å². The summed E-state index contributed by atoms with van der Waals surface area (Å²) in [5.74, 6) is 1.56. The molecule has 2 aliphatic heterocycles. The topological polar surface area (TPSA) is 74.0 Å². The van der Waals surface area contributed by atoms with E-state index < -0.39 is 6.09 Å². The molecule has 0 radical (unpaired) electrons. The summed E-state index contributed by atoms with van der Waals surface area (Å²) in [6.45, 7) is 5.52. The Morgan fingerprint density at radius 1 is 1.28 bits per heavy atom. The zero-order valence-corrected chi connectivity index (χ0v) is 17.9. The van der Waals surface area contributed by atoms with Crippen molar-refractivity contribution >= 4 is 6.09 Å². The quantitative estimate of drug-likeness (QED) is 0.742. The first-order valence-electron chi connectivity index (χ1n) is 10.3. The Bertz CT molecular complexity index is 740. The fourth-order valence-electron chi connectivity index (χ4n) is 4.96. The number of fused-ring (bicyclic) bond motifs is 3. The number of piperidine rings is 1. The lowest BCUT2D eigenvalue weighted by atomic mass is 9.74. The molecule has 3 atom stereocenters. The van der Waals surface area contributed by atoms with E-state index in [1.165, 1.54) is 11.1 Å². The molecular formula is C22H33FN2O4. The summed E-state index contributed by atoms with van der Waals surface area (Å²) in [6.07, 6.45) is 1.84. The Kier molecular flexibility index (Phi) is 6.56. The summed E-state index contributed by atoms with van der Waals surface area (Å²) in [5, 5.41) is 0.